The van der Waals surface area contributed by atoms with Crippen LogP contribution in [0.4, 0.5) is 11.6 Å². The Balaban J connectivity index is 3.13. The molecule has 0 aliphatic rings. The summed E-state index contributed by atoms with van der Waals surface area (Å²) in [6.07, 6.45) is 4.09. The number of nitrogens with zero attached hydrogens (tertiary/aromatic N) is 4. The minimum atomic E-state index is 0.511. The molecule has 1 heterocycles. The molecule has 1 rings (SSSR count). The van der Waals surface area contributed by atoms with Crippen molar-refractivity contribution in [2.24, 2.45) is 5.92 Å². The number of nitriles is 1. The Morgan fingerprint density at radius 1 is 1.40 bits per heavy atom. The van der Waals surface area contributed by atoms with E-state index in [1.807, 2.05) is 7.05 Å². The van der Waals surface area contributed by atoms with Gasteiger partial charge >= 0.3 is 0 Å². The molecule has 0 bridgehead atoms. The summed E-state index contributed by atoms with van der Waals surface area (Å²) in [6, 6.07) is 2.22. The fraction of sp³-hybridized carbons (Fsp3) is 0.667. The van der Waals surface area contributed by atoms with Crippen LogP contribution in [0.15, 0.2) is 6.33 Å². The number of hydrogen-bond donors (Lipinski definition) is 1. The van der Waals surface area contributed by atoms with Crippen molar-refractivity contribution in [1.29, 1.82) is 5.26 Å². The molecule has 0 aliphatic heterocycles. The molecule has 0 fully saturated rings. The predicted octanol–water partition coefficient (Wildman–Crippen LogP) is 2.85. The maximum atomic E-state index is 8.85. The third-order valence-electron chi connectivity index (χ3n) is 3.04. The summed E-state index contributed by atoms with van der Waals surface area (Å²) in [7, 11) is 1.88. The van der Waals surface area contributed by atoms with Gasteiger partial charge in [0.1, 0.15) is 18.0 Å². The molecular weight excluding hydrogens is 250 g/mol. The molecule has 0 spiro atoms. The lowest BCUT2D eigenvalue weighted by Gasteiger charge is -2.27. The van der Waals surface area contributed by atoms with Crippen LogP contribution in [-0.4, -0.2) is 30.1 Å². The van der Waals surface area contributed by atoms with E-state index in [9.17, 15) is 0 Å². The molecule has 5 nitrogen and oxygen atoms in total. The average molecular weight is 275 g/mol. The highest BCUT2D eigenvalue weighted by atomic mass is 15.2. The molecule has 0 saturated heterocycles. The fourth-order valence-corrected chi connectivity index (χ4v) is 2.28. The quantitative estimate of drug-likeness (QED) is 0.790. The van der Waals surface area contributed by atoms with E-state index in [0.29, 0.717) is 18.9 Å². The van der Waals surface area contributed by atoms with Crippen LogP contribution >= 0.6 is 0 Å². The molecule has 5 heteroatoms. The number of aromatic nitrogens is 2. The zero-order chi connectivity index (χ0) is 15.0. The Morgan fingerprint density at radius 2 is 2.15 bits per heavy atom. The Labute approximate surface area is 122 Å². The van der Waals surface area contributed by atoms with Crippen LogP contribution in [0.1, 0.15) is 39.2 Å². The van der Waals surface area contributed by atoms with Gasteiger partial charge in [-0.05, 0) is 12.3 Å². The fourth-order valence-electron chi connectivity index (χ4n) is 2.28. The van der Waals surface area contributed by atoms with Crippen LogP contribution in [0.3, 0.4) is 0 Å². The van der Waals surface area contributed by atoms with E-state index >= 15 is 0 Å². The Bertz CT molecular complexity index is 450. The van der Waals surface area contributed by atoms with Crippen molar-refractivity contribution in [1.82, 2.24) is 9.97 Å². The van der Waals surface area contributed by atoms with Gasteiger partial charge in [-0.15, -0.1) is 0 Å². The summed E-state index contributed by atoms with van der Waals surface area (Å²) in [4.78, 5) is 11.0. The van der Waals surface area contributed by atoms with Crippen LogP contribution in [0.25, 0.3) is 0 Å². The van der Waals surface area contributed by atoms with Crippen molar-refractivity contribution >= 4 is 11.6 Å². The second-order valence-electron chi connectivity index (χ2n) is 5.27. The van der Waals surface area contributed by atoms with Gasteiger partial charge in [0.2, 0.25) is 0 Å². The van der Waals surface area contributed by atoms with Crippen molar-refractivity contribution in [3.8, 4) is 6.07 Å². The molecule has 0 saturated carbocycles. The first kappa shape index (κ1) is 16.2. The zero-order valence-corrected chi connectivity index (χ0v) is 13.0. The van der Waals surface area contributed by atoms with Crippen molar-refractivity contribution in [2.75, 3.05) is 30.4 Å². The molecule has 0 amide bonds. The number of hydrogen-bond acceptors (Lipinski definition) is 5. The third-order valence-corrected chi connectivity index (χ3v) is 3.04. The van der Waals surface area contributed by atoms with Crippen LogP contribution in [0, 0.1) is 17.2 Å². The Morgan fingerprint density at radius 3 is 2.70 bits per heavy atom. The van der Waals surface area contributed by atoms with Gasteiger partial charge in [0.25, 0.3) is 0 Å². The summed E-state index contributed by atoms with van der Waals surface area (Å²) < 4.78 is 0. The maximum Gasteiger partial charge on any atom is 0.137 e. The molecule has 0 radical (unpaired) electrons. The van der Waals surface area contributed by atoms with E-state index in [0.717, 1.165) is 36.6 Å². The van der Waals surface area contributed by atoms with Gasteiger partial charge in [0, 0.05) is 25.7 Å². The summed E-state index contributed by atoms with van der Waals surface area (Å²) in [5, 5.41) is 12.0. The van der Waals surface area contributed by atoms with Gasteiger partial charge in [-0.3, -0.25) is 0 Å². The van der Waals surface area contributed by atoms with Gasteiger partial charge in [-0.1, -0.05) is 27.2 Å². The first-order valence-corrected chi connectivity index (χ1v) is 7.27. The maximum absolute atomic E-state index is 8.85. The van der Waals surface area contributed by atoms with E-state index in [1.54, 1.807) is 6.33 Å². The summed E-state index contributed by atoms with van der Waals surface area (Å²) in [5.41, 5.74) is 1.15. The van der Waals surface area contributed by atoms with Gasteiger partial charge in [-0.2, -0.15) is 5.26 Å². The summed E-state index contributed by atoms with van der Waals surface area (Å²) >= 11 is 0. The first-order chi connectivity index (χ1) is 9.63. The average Bonchev–Trinajstić information content (AvgIpc) is 2.43. The SMILES string of the molecule is CCCc1c(NC)ncnc1N(CCC#N)CC(C)C. The van der Waals surface area contributed by atoms with Crippen LogP contribution < -0.4 is 10.2 Å². The predicted molar refractivity (Wildman–Crippen MR) is 82.9 cm³/mol. The normalized spacial score (nSPS) is 10.4. The molecule has 0 unspecified atom stereocenters. The van der Waals surface area contributed by atoms with Crippen molar-refractivity contribution < 1.29 is 0 Å². The number of nitrogens with one attached hydrogen (secondary N) is 1. The topological polar surface area (TPSA) is 64.8 Å². The molecule has 110 valence electrons. The van der Waals surface area contributed by atoms with Crippen LogP contribution in [0.5, 0.6) is 0 Å². The lowest BCUT2D eigenvalue weighted by atomic mass is 10.1. The lowest BCUT2D eigenvalue weighted by molar-refractivity contribution is 0.605. The summed E-state index contributed by atoms with van der Waals surface area (Å²) in [5.74, 6) is 2.38. The molecule has 1 aromatic heterocycles. The highest BCUT2D eigenvalue weighted by Gasteiger charge is 2.17. The number of anilines is 2. The van der Waals surface area contributed by atoms with Crippen molar-refractivity contribution in [2.45, 2.75) is 40.0 Å². The van der Waals surface area contributed by atoms with E-state index in [-0.39, 0.29) is 0 Å². The highest BCUT2D eigenvalue weighted by molar-refractivity contribution is 5.58. The molecule has 1 N–H and O–H groups in total. The smallest absolute Gasteiger partial charge is 0.137 e. The van der Waals surface area contributed by atoms with Crippen molar-refractivity contribution in [3.05, 3.63) is 11.9 Å². The number of rotatable bonds is 8. The van der Waals surface area contributed by atoms with Crippen LogP contribution in [-0.2, 0) is 6.42 Å². The standard InChI is InChI=1S/C15H25N5/c1-5-7-13-14(17-4)18-11-19-15(13)20(9-6-8-16)10-12(2)3/h11-12H,5-7,9-10H2,1-4H3,(H,17,18,19). The molecule has 1 aromatic rings. The molecule has 20 heavy (non-hydrogen) atoms. The molecule has 0 aromatic carbocycles. The molecule has 0 atom stereocenters. The monoisotopic (exact) mass is 275 g/mol. The first-order valence-electron chi connectivity index (χ1n) is 7.27. The minimum Gasteiger partial charge on any atom is -0.373 e. The van der Waals surface area contributed by atoms with Crippen molar-refractivity contribution in [3.63, 3.8) is 0 Å². The largest absolute Gasteiger partial charge is 0.373 e. The Kier molecular flexibility index (Phi) is 6.78. The minimum absolute atomic E-state index is 0.511. The van der Waals surface area contributed by atoms with E-state index in [2.05, 4.69) is 47.0 Å². The molecule has 0 aliphatic carbocycles. The Hall–Kier alpha value is -1.83. The van der Waals surface area contributed by atoms with Gasteiger partial charge in [0.15, 0.2) is 0 Å². The second kappa shape index (κ2) is 8.36. The lowest BCUT2D eigenvalue weighted by Crippen LogP contribution is -2.30. The van der Waals surface area contributed by atoms with E-state index in [1.165, 1.54) is 0 Å². The van der Waals surface area contributed by atoms with E-state index in [4.69, 9.17) is 5.26 Å². The second-order valence-corrected chi connectivity index (χ2v) is 5.27. The summed E-state index contributed by atoms with van der Waals surface area (Å²) in [6.45, 7) is 8.13. The van der Waals surface area contributed by atoms with E-state index < -0.39 is 0 Å². The zero-order valence-electron chi connectivity index (χ0n) is 13.0. The van der Waals surface area contributed by atoms with Gasteiger partial charge in [-0.25, -0.2) is 9.97 Å². The highest BCUT2D eigenvalue weighted by Crippen LogP contribution is 2.25. The third kappa shape index (κ3) is 4.37. The van der Waals surface area contributed by atoms with Gasteiger partial charge < -0.3 is 10.2 Å². The van der Waals surface area contributed by atoms with Gasteiger partial charge in [0.05, 0.1) is 12.5 Å². The molecular formula is C15H25N5. The van der Waals surface area contributed by atoms with Crippen LogP contribution in [0.2, 0.25) is 0 Å².